The van der Waals surface area contributed by atoms with E-state index < -0.39 is 0 Å². The molecule has 20 heavy (non-hydrogen) atoms. The average molecular weight is 281 g/mol. The first-order valence-corrected chi connectivity index (χ1v) is 8.22. The van der Waals surface area contributed by atoms with Gasteiger partial charge in [0, 0.05) is 16.4 Å². The molecule has 0 amide bonds. The Balaban J connectivity index is 1.60. The van der Waals surface area contributed by atoms with Crippen molar-refractivity contribution < 1.29 is 0 Å². The van der Waals surface area contributed by atoms with Crippen LogP contribution in [0.2, 0.25) is 0 Å². The van der Waals surface area contributed by atoms with Gasteiger partial charge >= 0.3 is 0 Å². The Labute approximate surface area is 125 Å². The van der Waals surface area contributed by atoms with Crippen LogP contribution in [0.5, 0.6) is 0 Å². The van der Waals surface area contributed by atoms with E-state index >= 15 is 0 Å². The minimum Gasteiger partial charge on any atom is -0.258 e. The Hall–Kier alpha value is -1.54. The third-order valence-corrected chi connectivity index (χ3v) is 4.64. The number of rotatable bonds is 4. The summed E-state index contributed by atoms with van der Waals surface area (Å²) in [4.78, 5) is 6.05. The highest BCUT2D eigenvalue weighted by Gasteiger charge is 2.07. The summed E-state index contributed by atoms with van der Waals surface area (Å²) in [6, 6.07) is 19.2. The molecule has 0 unspecified atom stereocenters. The Morgan fingerprint density at radius 2 is 1.55 bits per heavy atom. The quantitative estimate of drug-likeness (QED) is 0.662. The summed E-state index contributed by atoms with van der Waals surface area (Å²) in [6.45, 7) is 0. The monoisotopic (exact) mass is 281 g/mol. The molecule has 1 fully saturated rings. The largest absolute Gasteiger partial charge is 0.258 e. The van der Waals surface area contributed by atoms with E-state index in [0.29, 0.717) is 0 Å². The number of aliphatic imine (C=N–C) groups is 1. The minimum atomic E-state index is 1.01. The molecule has 1 saturated carbocycles. The van der Waals surface area contributed by atoms with Crippen LogP contribution in [-0.2, 0) is 5.75 Å². The zero-order chi connectivity index (χ0) is 13.6. The molecule has 1 aliphatic rings. The number of thioether (sulfide) groups is 1. The van der Waals surface area contributed by atoms with E-state index in [9.17, 15) is 0 Å². The second kappa shape index (κ2) is 6.76. The fourth-order valence-electron chi connectivity index (χ4n) is 2.43. The summed E-state index contributed by atoms with van der Waals surface area (Å²) in [5, 5.41) is 0. The third kappa shape index (κ3) is 3.73. The fraction of sp³-hybridized carbons (Fsp3) is 0.278. The van der Waals surface area contributed by atoms with Crippen LogP contribution in [-0.4, -0.2) is 5.71 Å². The van der Waals surface area contributed by atoms with Crippen molar-refractivity contribution in [2.75, 3.05) is 0 Å². The van der Waals surface area contributed by atoms with Crippen molar-refractivity contribution in [3.05, 3.63) is 60.2 Å². The second-order valence-corrected chi connectivity index (χ2v) is 6.20. The molecule has 3 rings (SSSR count). The molecule has 2 heteroatoms. The number of benzene rings is 2. The molecular weight excluding hydrogens is 262 g/mol. The summed E-state index contributed by atoms with van der Waals surface area (Å²) in [7, 11) is 0. The molecule has 0 saturated heterocycles. The van der Waals surface area contributed by atoms with E-state index in [1.165, 1.54) is 41.9 Å². The fourth-order valence-corrected chi connectivity index (χ4v) is 3.30. The van der Waals surface area contributed by atoms with E-state index in [1.807, 2.05) is 11.8 Å². The molecule has 0 N–H and O–H groups in total. The summed E-state index contributed by atoms with van der Waals surface area (Å²) in [5.41, 5.74) is 3.83. The van der Waals surface area contributed by atoms with Gasteiger partial charge in [0.2, 0.25) is 0 Å². The highest BCUT2D eigenvalue weighted by atomic mass is 32.2. The SMILES string of the molecule is c1ccc(SCc2ccc(N=C3CCCC3)cc2)cc1. The molecule has 0 radical (unpaired) electrons. The van der Waals surface area contributed by atoms with Gasteiger partial charge < -0.3 is 0 Å². The zero-order valence-corrected chi connectivity index (χ0v) is 12.4. The maximum Gasteiger partial charge on any atom is 0.0629 e. The van der Waals surface area contributed by atoms with Crippen LogP contribution in [0.25, 0.3) is 0 Å². The van der Waals surface area contributed by atoms with Crippen LogP contribution in [0, 0.1) is 0 Å². The van der Waals surface area contributed by atoms with E-state index in [0.717, 1.165) is 11.4 Å². The van der Waals surface area contributed by atoms with Crippen molar-refractivity contribution in [2.45, 2.75) is 36.3 Å². The molecule has 0 spiro atoms. The molecule has 0 aromatic heterocycles. The molecule has 2 aromatic carbocycles. The smallest absolute Gasteiger partial charge is 0.0629 e. The normalized spacial score (nSPS) is 14.5. The molecule has 1 nitrogen and oxygen atoms in total. The first-order valence-electron chi connectivity index (χ1n) is 7.23. The Bertz CT molecular complexity index is 564. The Morgan fingerprint density at radius 1 is 0.850 bits per heavy atom. The van der Waals surface area contributed by atoms with Gasteiger partial charge in [-0.05, 0) is 55.5 Å². The maximum absolute atomic E-state index is 4.73. The van der Waals surface area contributed by atoms with Gasteiger partial charge in [-0.15, -0.1) is 11.8 Å². The lowest BCUT2D eigenvalue weighted by atomic mass is 10.2. The third-order valence-electron chi connectivity index (χ3n) is 3.55. The number of hydrogen-bond donors (Lipinski definition) is 0. The zero-order valence-electron chi connectivity index (χ0n) is 11.6. The van der Waals surface area contributed by atoms with Gasteiger partial charge in [0.1, 0.15) is 0 Å². The van der Waals surface area contributed by atoms with Crippen LogP contribution in [0.3, 0.4) is 0 Å². The van der Waals surface area contributed by atoms with E-state index in [-0.39, 0.29) is 0 Å². The predicted octanol–water partition coefficient (Wildman–Crippen LogP) is 5.63. The van der Waals surface area contributed by atoms with Crippen LogP contribution >= 0.6 is 11.8 Å². The Morgan fingerprint density at radius 3 is 2.25 bits per heavy atom. The van der Waals surface area contributed by atoms with Crippen LogP contribution in [0.15, 0.2) is 64.5 Å². The summed E-state index contributed by atoms with van der Waals surface area (Å²) in [5.74, 6) is 1.01. The maximum atomic E-state index is 4.73. The van der Waals surface area contributed by atoms with Crippen molar-refractivity contribution in [1.82, 2.24) is 0 Å². The number of hydrogen-bond acceptors (Lipinski definition) is 2. The minimum absolute atomic E-state index is 1.01. The molecule has 102 valence electrons. The Kier molecular flexibility index (Phi) is 4.54. The predicted molar refractivity (Wildman–Crippen MR) is 88.0 cm³/mol. The molecule has 0 bridgehead atoms. The lowest BCUT2D eigenvalue weighted by molar-refractivity contribution is 0.886. The van der Waals surface area contributed by atoms with Gasteiger partial charge in [-0.2, -0.15) is 0 Å². The van der Waals surface area contributed by atoms with E-state index in [1.54, 1.807) is 0 Å². The molecule has 0 atom stereocenters. The van der Waals surface area contributed by atoms with Crippen molar-refractivity contribution in [3.8, 4) is 0 Å². The van der Waals surface area contributed by atoms with Crippen molar-refractivity contribution in [2.24, 2.45) is 4.99 Å². The highest BCUT2D eigenvalue weighted by molar-refractivity contribution is 7.98. The summed E-state index contributed by atoms with van der Waals surface area (Å²) < 4.78 is 0. The van der Waals surface area contributed by atoms with Gasteiger partial charge in [0.15, 0.2) is 0 Å². The average Bonchev–Trinajstić information content (AvgIpc) is 3.01. The van der Waals surface area contributed by atoms with Crippen molar-refractivity contribution in [3.63, 3.8) is 0 Å². The van der Waals surface area contributed by atoms with Crippen LogP contribution in [0.4, 0.5) is 5.69 Å². The van der Waals surface area contributed by atoms with Gasteiger partial charge in [0.25, 0.3) is 0 Å². The van der Waals surface area contributed by atoms with Crippen molar-refractivity contribution in [1.29, 1.82) is 0 Å². The molecular formula is C18H19NS. The van der Waals surface area contributed by atoms with E-state index in [4.69, 9.17) is 4.99 Å². The molecule has 0 aliphatic heterocycles. The summed E-state index contributed by atoms with van der Waals surface area (Å²) >= 11 is 1.88. The summed E-state index contributed by atoms with van der Waals surface area (Å²) in [6.07, 6.45) is 4.99. The lowest BCUT2D eigenvalue weighted by Crippen LogP contribution is -1.86. The molecule has 1 aliphatic carbocycles. The topological polar surface area (TPSA) is 12.4 Å². The van der Waals surface area contributed by atoms with Gasteiger partial charge in [-0.3, -0.25) is 4.99 Å². The standard InChI is InChI=1S/C18H19NS/c1-2-8-18(9-3-1)20-14-15-10-12-17(13-11-15)19-16-6-4-5-7-16/h1-3,8-13H,4-7,14H2. The van der Waals surface area contributed by atoms with E-state index in [2.05, 4.69) is 54.6 Å². The van der Waals surface area contributed by atoms with Crippen molar-refractivity contribution >= 4 is 23.2 Å². The van der Waals surface area contributed by atoms with Gasteiger partial charge in [-0.25, -0.2) is 0 Å². The van der Waals surface area contributed by atoms with Gasteiger partial charge in [0.05, 0.1) is 5.69 Å². The van der Waals surface area contributed by atoms with Crippen LogP contribution in [0.1, 0.15) is 31.2 Å². The lowest BCUT2D eigenvalue weighted by Gasteiger charge is -2.03. The molecule has 0 heterocycles. The number of nitrogens with zero attached hydrogens (tertiary/aromatic N) is 1. The highest BCUT2D eigenvalue weighted by Crippen LogP contribution is 2.25. The second-order valence-electron chi connectivity index (χ2n) is 5.15. The van der Waals surface area contributed by atoms with Crippen LogP contribution < -0.4 is 0 Å². The van der Waals surface area contributed by atoms with Gasteiger partial charge in [-0.1, -0.05) is 30.3 Å². The first-order chi connectivity index (χ1) is 9.90. The first kappa shape index (κ1) is 13.4. The molecule has 2 aromatic rings.